The predicted molar refractivity (Wildman–Crippen MR) is 76.3 cm³/mol. The maximum absolute atomic E-state index is 10.8. The first-order valence-electron chi connectivity index (χ1n) is 5.83. The van der Waals surface area contributed by atoms with E-state index in [1.54, 1.807) is 13.0 Å². The van der Waals surface area contributed by atoms with Gasteiger partial charge in [0, 0.05) is 6.07 Å². The summed E-state index contributed by atoms with van der Waals surface area (Å²) in [5.41, 5.74) is 0.600. The van der Waals surface area contributed by atoms with Gasteiger partial charge in [0.25, 0.3) is 5.69 Å². The van der Waals surface area contributed by atoms with Crippen LogP contribution >= 0.6 is 11.6 Å². The maximum Gasteiger partial charge on any atom is 0.335 e. The summed E-state index contributed by atoms with van der Waals surface area (Å²) in [5, 5.41) is 19.8. The zero-order valence-electron chi connectivity index (χ0n) is 10.9. The minimum Gasteiger partial charge on any atom is -0.478 e. The summed E-state index contributed by atoms with van der Waals surface area (Å²) in [6.45, 7) is 1.70. The molecule has 0 aliphatic carbocycles. The van der Waals surface area contributed by atoms with Gasteiger partial charge in [-0.25, -0.2) is 4.79 Å². The Morgan fingerprint density at radius 3 is 2.57 bits per heavy atom. The molecule has 7 heteroatoms. The molecule has 0 saturated heterocycles. The van der Waals surface area contributed by atoms with Crippen LogP contribution in [-0.2, 0) is 0 Å². The number of hydrogen-bond donors (Lipinski definition) is 1. The number of carbonyl (C=O) groups is 1. The lowest BCUT2D eigenvalue weighted by Gasteiger charge is -2.09. The molecule has 0 amide bonds. The molecule has 21 heavy (non-hydrogen) atoms. The SMILES string of the molecule is Cc1cc(Oc2ccc(C(=O)O)cc2Cl)cc([N+](=O)[O-])c1. The van der Waals surface area contributed by atoms with E-state index in [-0.39, 0.29) is 27.8 Å². The average Bonchev–Trinajstić information content (AvgIpc) is 2.40. The fourth-order valence-corrected chi connectivity index (χ4v) is 1.96. The third-order valence-corrected chi connectivity index (χ3v) is 2.95. The van der Waals surface area contributed by atoms with E-state index in [0.717, 1.165) is 0 Å². The average molecular weight is 308 g/mol. The number of carboxylic acids is 1. The molecule has 6 nitrogen and oxygen atoms in total. The summed E-state index contributed by atoms with van der Waals surface area (Å²) in [4.78, 5) is 21.1. The molecule has 0 aliphatic heterocycles. The van der Waals surface area contributed by atoms with E-state index in [2.05, 4.69) is 0 Å². The summed E-state index contributed by atoms with van der Waals surface area (Å²) in [6, 6.07) is 8.31. The first-order chi connectivity index (χ1) is 9.86. The number of benzene rings is 2. The molecule has 0 fully saturated rings. The van der Waals surface area contributed by atoms with E-state index in [4.69, 9.17) is 21.4 Å². The third kappa shape index (κ3) is 3.49. The normalized spacial score (nSPS) is 10.2. The van der Waals surface area contributed by atoms with Gasteiger partial charge in [0.05, 0.1) is 21.6 Å². The Labute approximate surface area is 124 Å². The minimum atomic E-state index is -1.10. The van der Waals surface area contributed by atoms with Crippen molar-refractivity contribution in [1.29, 1.82) is 0 Å². The molecule has 0 heterocycles. The van der Waals surface area contributed by atoms with Gasteiger partial charge in [0.2, 0.25) is 0 Å². The van der Waals surface area contributed by atoms with Crippen molar-refractivity contribution >= 4 is 23.3 Å². The molecule has 0 aromatic heterocycles. The Morgan fingerprint density at radius 1 is 1.29 bits per heavy atom. The molecule has 0 radical (unpaired) electrons. The highest BCUT2D eigenvalue weighted by Gasteiger charge is 2.12. The number of aryl methyl sites for hydroxylation is 1. The maximum atomic E-state index is 10.8. The summed E-state index contributed by atoms with van der Waals surface area (Å²) < 4.78 is 5.49. The lowest BCUT2D eigenvalue weighted by molar-refractivity contribution is -0.385. The Bertz CT molecular complexity index is 729. The summed E-state index contributed by atoms with van der Waals surface area (Å²) in [6.07, 6.45) is 0. The second-order valence-corrected chi connectivity index (χ2v) is 4.72. The molecule has 0 bridgehead atoms. The van der Waals surface area contributed by atoms with Crippen LogP contribution in [0.5, 0.6) is 11.5 Å². The Kier molecular flexibility index (Phi) is 4.09. The number of aromatic carboxylic acids is 1. The first kappa shape index (κ1) is 14.8. The number of nitro groups is 1. The van der Waals surface area contributed by atoms with Crippen LogP contribution in [0, 0.1) is 17.0 Å². The number of nitrogens with zero attached hydrogens (tertiary/aromatic N) is 1. The number of ether oxygens (including phenoxy) is 1. The van der Waals surface area contributed by atoms with Gasteiger partial charge in [-0.05, 0) is 36.8 Å². The van der Waals surface area contributed by atoms with Gasteiger partial charge in [0.15, 0.2) is 0 Å². The van der Waals surface area contributed by atoms with Crippen molar-refractivity contribution in [3.05, 3.63) is 62.7 Å². The Morgan fingerprint density at radius 2 is 2.00 bits per heavy atom. The van der Waals surface area contributed by atoms with Crippen molar-refractivity contribution in [2.45, 2.75) is 6.92 Å². The minimum absolute atomic E-state index is 0.0302. The summed E-state index contributed by atoms with van der Waals surface area (Å²) in [5.74, 6) is -0.622. The lowest BCUT2D eigenvalue weighted by atomic mass is 10.2. The third-order valence-electron chi connectivity index (χ3n) is 2.65. The number of hydrogen-bond acceptors (Lipinski definition) is 4. The highest BCUT2D eigenvalue weighted by atomic mass is 35.5. The molecule has 108 valence electrons. The van der Waals surface area contributed by atoms with Crippen molar-refractivity contribution in [2.75, 3.05) is 0 Å². The molecule has 2 rings (SSSR count). The highest BCUT2D eigenvalue weighted by Crippen LogP contribution is 2.32. The smallest absolute Gasteiger partial charge is 0.335 e. The van der Waals surface area contributed by atoms with Crippen molar-refractivity contribution in [2.24, 2.45) is 0 Å². The number of rotatable bonds is 4. The van der Waals surface area contributed by atoms with Crippen LogP contribution in [0.3, 0.4) is 0 Å². The largest absolute Gasteiger partial charge is 0.478 e. The van der Waals surface area contributed by atoms with E-state index in [1.807, 2.05) is 0 Å². The molecule has 2 aromatic carbocycles. The molecule has 0 spiro atoms. The van der Waals surface area contributed by atoms with E-state index in [1.165, 1.54) is 30.3 Å². The second kappa shape index (κ2) is 5.80. The van der Waals surface area contributed by atoms with E-state index >= 15 is 0 Å². The van der Waals surface area contributed by atoms with E-state index < -0.39 is 10.9 Å². The van der Waals surface area contributed by atoms with Gasteiger partial charge in [-0.15, -0.1) is 0 Å². The highest BCUT2D eigenvalue weighted by molar-refractivity contribution is 6.32. The topological polar surface area (TPSA) is 89.7 Å². The fourth-order valence-electron chi connectivity index (χ4n) is 1.74. The van der Waals surface area contributed by atoms with Crippen molar-refractivity contribution in [3.8, 4) is 11.5 Å². The van der Waals surface area contributed by atoms with Crippen LogP contribution in [0.4, 0.5) is 5.69 Å². The van der Waals surface area contributed by atoms with Gasteiger partial charge in [-0.1, -0.05) is 11.6 Å². The van der Waals surface area contributed by atoms with Crippen LogP contribution in [-0.4, -0.2) is 16.0 Å². The van der Waals surface area contributed by atoms with E-state index in [9.17, 15) is 14.9 Å². The summed E-state index contributed by atoms with van der Waals surface area (Å²) in [7, 11) is 0. The van der Waals surface area contributed by atoms with Gasteiger partial charge in [-0.2, -0.15) is 0 Å². The Hall–Kier alpha value is -2.60. The van der Waals surface area contributed by atoms with Crippen LogP contribution in [0.25, 0.3) is 0 Å². The van der Waals surface area contributed by atoms with E-state index in [0.29, 0.717) is 5.56 Å². The number of halogens is 1. The summed E-state index contributed by atoms with van der Waals surface area (Å²) >= 11 is 5.94. The molecule has 2 aromatic rings. The molecule has 0 aliphatic rings. The lowest BCUT2D eigenvalue weighted by Crippen LogP contribution is -1.96. The fraction of sp³-hybridized carbons (Fsp3) is 0.0714. The number of non-ortho nitro benzene ring substituents is 1. The monoisotopic (exact) mass is 307 g/mol. The van der Waals surface area contributed by atoms with Gasteiger partial charge in [0.1, 0.15) is 11.5 Å². The van der Waals surface area contributed by atoms with Crippen LogP contribution in [0.2, 0.25) is 5.02 Å². The van der Waals surface area contributed by atoms with Crippen LogP contribution < -0.4 is 4.74 Å². The molecule has 0 atom stereocenters. The van der Waals surface area contributed by atoms with Gasteiger partial charge >= 0.3 is 5.97 Å². The predicted octanol–water partition coefficient (Wildman–Crippen LogP) is 4.05. The van der Waals surface area contributed by atoms with Crippen molar-refractivity contribution in [3.63, 3.8) is 0 Å². The number of carboxylic acid groups (broad SMARTS) is 1. The van der Waals surface area contributed by atoms with Crippen molar-refractivity contribution in [1.82, 2.24) is 0 Å². The molecular formula is C14H10ClNO5. The second-order valence-electron chi connectivity index (χ2n) is 4.31. The molecule has 0 unspecified atom stereocenters. The Balaban J connectivity index is 2.34. The quantitative estimate of drug-likeness (QED) is 0.680. The molecule has 0 saturated carbocycles. The van der Waals surface area contributed by atoms with Crippen LogP contribution in [0.1, 0.15) is 15.9 Å². The van der Waals surface area contributed by atoms with Crippen LogP contribution in [0.15, 0.2) is 36.4 Å². The zero-order chi connectivity index (χ0) is 15.6. The molecular weight excluding hydrogens is 298 g/mol. The van der Waals surface area contributed by atoms with Gasteiger partial charge in [-0.3, -0.25) is 10.1 Å². The zero-order valence-corrected chi connectivity index (χ0v) is 11.6. The van der Waals surface area contributed by atoms with Crippen molar-refractivity contribution < 1.29 is 19.6 Å². The number of nitro benzene ring substituents is 1. The molecule has 1 N–H and O–H groups in total. The first-order valence-corrected chi connectivity index (χ1v) is 6.21. The van der Waals surface area contributed by atoms with Gasteiger partial charge < -0.3 is 9.84 Å². The standard InChI is InChI=1S/C14H10ClNO5/c1-8-4-10(16(19)20)7-11(5-8)21-13-3-2-9(14(17)18)6-12(13)15/h2-7H,1H3,(H,17,18).